The van der Waals surface area contributed by atoms with Crippen LogP contribution in [0.3, 0.4) is 0 Å². The van der Waals surface area contributed by atoms with E-state index in [0.717, 1.165) is 12.8 Å². The summed E-state index contributed by atoms with van der Waals surface area (Å²) in [5, 5.41) is 0. The van der Waals surface area contributed by atoms with Crippen molar-refractivity contribution < 1.29 is 4.79 Å². The summed E-state index contributed by atoms with van der Waals surface area (Å²) in [5.41, 5.74) is 1.24. The van der Waals surface area contributed by atoms with Crippen LogP contribution >= 0.6 is 0 Å². The van der Waals surface area contributed by atoms with Crippen LogP contribution in [-0.2, 0) is 4.79 Å². The first-order valence-corrected chi connectivity index (χ1v) is 6.41. The van der Waals surface area contributed by atoms with E-state index in [2.05, 4.69) is 39.0 Å². The number of allylic oxidation sites excluding steroid dienone is 4. The van der Waals surface area contributed by atoms with Crippen LogP contribution in [0, 0.1) is 17.8 Å². The molecular formula is C15H24O. The Morgan fingerprint density at radius 2 is 2.25 bits per heavy atom. The zero-order valence-corrected chi connectivity index (χ0v) is 11.0. The highest BCUT2D eigenvalue weighted by molar-refractivity contribution is 5.82. The van der Waals surface area contributed by atoms with Gasteiger partial charge in [0.15, 0.2) is 0 Å². The van der Waals surface area contributed by atoms with Crippen LogP contribution in [-0.4, -0.2) is 5.78 Å². The SMILES string of the molecule is CCC(C)C(=O)C/C(C)=C/C1CC=CC1C. The van der Waals surface area contributed by atoms with E-state index < -0.39 is 0 Å². The van der Waals surface area contributed by atoms with E-state index in [1.54, 1.807) is 0 Å². The summed E-state index contributed by atoms with van der Waals surface area (Å²) in [7, 11) is 0. The second-order valence-electron chi connectivity index (χ2n) is 5.15. The highest BCUT2D eigenvalue weighted by atomic mass is 16.1. The third-order valence-corrected chi connectivity index (χ3v) is 3.64. The average molecular weight is 220 g/mol. The summed E-state index contributed by atoms with van der Waals surface area (Å²) in [5.74, 6) is 1.84. The fraction of sp³-hybridized carbons (Fsp3) is 0.667. The van der Waals surface area contributed by atoms with Crippen LogP contribution in [0.25, 0.3) is 0 Å². The van der Waals surface area contributed by atoms with Gasteiger partial charge in [0.2, 0.25) is 0 Å². The summed E-state index contributed by atoms with van der Waals surface area (Å²) in [4.78, 5) is 11.8. The molecule has 0 spiro atoms. The molecule has 0 aromatic rings. The number of Topliss-reactive ketones (excluding diaryl/α,β-unsaturated/α-hetero) is 1. The number of hydrogen-bond acceptors (Lipinski definition) is 1. The highest BCUT2D eigenvalue weighted by Crippen LogP contribution is 2.27. The lowest BCUT2D eigenvalue weighted by molar-refractivity contribution is -0.121. The summed E-state index contributed by atoms with van der Waals surface area (Å²) in [6.07, 6.45) is 9.53. The Morgan fingerprint density at radius 3 is 2.75 bits per heavy atom. The molecule has 16 heavy (non-hydrogen) atoms. The van der Waals surface area contributed by atoms with E-state index in [9.17, 15) is 4.79 Å². The Kier molecular flexibility index (Phi) is 4.98. The van der Waals surface area contributed by atoms with E-state index in [-0.39, 0.29) is 5.92 Å². The molecule has 0 radical (unpaired) electrons. The zero-order valence-electron chi connectivity index (χ0n) is 11.0. The quantitative estimate of drug-likeness (QED) is 0.636. The molecule has 1 aliphatic carbocycles. The number of hydrogen-bond donors (Lipinski definition) is 0. The third kappa shape index (κ3) is 3.62. The molecule has 0 aromatic heterocycles. The molecule has 0 heterocycles. The molecule has 0 saturated carbocycles. The lowest BCUT2D eigenvalue weighted by atomic mass is 9.92. The minimum absolute atomic E-state index is 0.211. The molecule has 0 aromatic carbocycles. The summed E-state index contributed by atoms with van der Waals surface area (Å²) < 4.78 is 0. The van der Waals surface area contributed by atoms with Crippen LogP contribution < -0.4 is 0 Å². The molecule has 0 N–H and O–H groups in total. The minimum atomic E-state index is 0.211. The first-order chi connectivity index (χ1) is 7.54. The van der Waals surface area contributed by atoms with Gasteiger partial charge >= 0.3 is 0 Å². The van der Waals surface area contributed by atoms with Gasteiger partial charge in [-0.05, 0) is 31.6 Å². The Labute approximate surface area is 99.6 Å². The Hall–Kier alpha value is -0.850. The molecule has 0 bridgehead atoms. The van der Waals surface area contributed by atoms with Crippen molar-refractivity contribution in [2.24, 2.45) is 17.8 Å². The maximum Gasteiger partial charge on any atom is 0.139 e. The first kappa shape index (κ1) is 13.2. The molecule has 0 fully saturated rings. The van der Waals surface area contributed by atoms with Crippen LogP contribution in [0.1, 0.15) is 47.0 Å². The molecule has 3 unspecified atom stereocenters. The smallest absolute Gasteiger partial charge is 0.139 e. The topological polar surface area (TPSA) is 17.1 Å². The van der Waals surface area contributed by atoms with Gasteiger partial charge in [0.1, 0.15) is 5.78 Å². The predicted octanol–water partition coefficient (Wildman–Crippen LogP) is 4.15. The maximum atomic E-state index is 11.8. The number of carbonyl (C=O) groups excluding carboxylic acids is 1. The van der Waals surface area contributed by atoms with Crippen LogP contribution in [0.2, 0.25) is 0 Å². The molecule has 90 valence electrons. The van der Waals surface area contributed by atoms with E-state index >= 15 is 0 Å². The Balaban J connectivity index is 2.48. The van der Waals surface area contributed by atoms with E-state index in [1.165, 1.54) is 5.57 Å². The minimum Gasteiger partial charge on any atom is -0.299 e. The summed E-state index contributed by atoms with van der Waals surface area (Å²) in [6.45, 7) is 8.43. The van der Waals surface area contributed by atoms with Gasteiger partial charge in [0.05, 0.1) is 0 Å². The van der Waals surface area contributed by atoms with Gasteiger partial charge < -0.3 is 0 Å². The third-order valence-electron chi connectivity index (χ3n) is 3.64. The largest absolute Gasteiger partial charge is 0.299 e. The second kappa shape index (κ2) is 6.03. The fourth-order valence-corrected chi connectivity index (χ4v) is 2.13. The first-order valence-electron chi connectivity index (χ1n) is 6.41. The maximum absolute atomic E-state index is 11.8. The molecule has 0 amide bonds. The zero-order chi connectivity index (χ0) is 12.1. The summed E-state index contributed by atoms with van der Waals surface area (Å²) >= 11 is 0. The lowest BCUT2D eigenvalue weighted by Gasteiger charge is -2.13. The van der Waals surface area contributed by atoms with Crippen molar-refractivity contribution in [2.75, 3.05) is 0 Å². The molecular weight excluding hydrogens is 196 g/mol. The summed E-state index contributed by atoms with van der Waals surface area (Å²) in [6, 6.07) is 0. The average Bonchev–Trinajstić information content (AvgIpc) is 2.63. The monoisotopic (exact) mass is 220 g/mol. The van der Waals surface area contributed by atoms with Crippen LogP contribution in [0.15, 0.2) is 23.8 Å². The second-order valence-corrected chi connectivity index (χ2v) is 5.15. The van der Waals surface area contributed by atoms with Crippen molar-refractivity contribution >= 4 is 5.78 Å². The van der Waals surface area contributed by atoms with Crippen molar-refractivity contribution in [3.63, 3.8) is 0 Å². The van der Waals surface area contributed by atoms with Crippen LogP contribution in [0.5, 0.6) is 0 Å². The van der Waals surface area contributed by atoms with Crippen molar-refractivity contribution in [3.8, 4) is 0 Å². The lowest BCUT2D eigenvalue weighted by Crippen LogP contribution is -2.10. The highest BCUT2D eigenvalue weighted by Gasteiger charge is 2.17. The molecule has 0 aliphatic heterocycles. The molecule has 1 heteroatoms. The van der Waals surface area contributed by atoms with E-state index in [0.29, 0.717) is 24.0 Å². The van der Waals surface area contributed by atoms with E-state index in [4.69, 9.17) is 0 Å². The van der Waals surface area contributed by atoms with Crippen molar-refractivity contribution in [3.05, 3.63) is 23.8 Å². The van der Waals surface area contributed by atoms with Gasteiger partial charge in [-0.1, -0.05) is 44.6 Å². The van der Waals surface area contributed by atoms with Crippen molar-refractivity contribution in [1.29, 1.82) is 0 Å². The number of ketones is 1. The normalized spacial score (nSPS) is 27.1. The fourth-order valence-electron chi connectivity index (χ4n) is 2.13. The molecule has 0 saturated heterocycles. The van der Waals surface area contributed by atoms with Gasteiger partial charge in [-0.3, -0.25) is 4.79 Å². The van der Waals surface area contributed by atoms with Gasteiger partial charge in [-0.2, -0.15) is 0 Å². The number of carbonyl (C=O) groups is 1. The van der Waals surface area contributed by atoms with Crippen molar-refractivity contribution in [2.45, 2.75) is 47.0 Å². The molecule has 1 nitrogen and oxygen atoms in total. The Bertz CT molecular complexity index is 299. The molecule has 3 atom stereocenters. The van der Waals surface area contributed by atoms with E-state index in [1.807, 2.05) is 6.92 Å². The predicted molar refractivity (Wildman–Crippen MR) is 69.2 cm³/mol. The van der Waals surface area contributed by atoms with Crippen molar-refractivity contribution in [1.82, 2.24) is 0 Å². The van der Waals surface area contributed by atoms with Crippen LogP contribution in [0.4, 0.5) is 0 Å². The number of rotatable bonds is 5. The molecule has 1 aliphatic rings. The van der Waals surface area contributed by atoms with Gasteiger partial charge in [0.25, 0.3) is 0 Å². The Morgan fingerprint density at radius 1 is 1.56 bits per heavy atom. The molecule has 1 rings (SSSR count). The van der Waals surface area contributed by atoms with Gasteiger partial charge in [-0.25, -0.2) is 0 Å². The van der Waals surface area contributed by atoms with Gasteiger partial charge in [0, 0.05) is 12.3 Å². The van der Waals surface area contributed by atoms with Gasteiger partial charge in [-0.15, -0.1) is 0 Å². The standard InChI is InChI=1S/C15H24O/c1-5-12(3)15(16)10-11(2)9-14-8-6-7-13(14)4/h6-7,9,12-14H,5,8,10H2,1-4H3/b11-9+.